The molecule has 8 aromatic carbocycles. The normalized spacial score (nSPS) is 11.5. The zero-order valence-electron chi connectivity index (χ0n) is 30.9. The summed E-state index contributed by atoms with van der Waals surface area (Å²) in [7, 11) is 2.17. The molecule has 0 amide bonds. The standard InChI is InChI=1S/C49H33N3.C3H6/c1-50-44-18-10-8-16-38(44)40-24-20-33(29-47(40)50)32-23-27-46-43(28-32)42-26-22-35(31-49(42)52(46)37-14-6-3-7-15-37)34-21-25-41-39-17-9-11-19-45(39)51(48(41)30-34)36-12-4-2-5-13-36;1-3-2/h2-31H,1H3;3H,1H2,2H3. The molecule has 0 aliphatic rings. The quantitative estimate of drug-likeness (QED) is 0.162. The Hall–Kier alpha value is -7.10. The number of fused-ring (bicyclic) bond motifs is 9. The van der Waals surface area contributed by atoms with E-state index in [-0.39, 0.29) is 0 Å². The highest BCUT2D eigenvalue weighted by Crippen LogP contribution is 2.40. The molecule has 0 saturated heterocycles. The van der Waals surface area contributed by atoms with E-state index in [0.29, 0.717) is 0 Å². The van der Waals surface area contributed by atoms with E-state index in [9.17, 15) is 0 Å². The Bertz CT molecular complexity index is 3230. The van der Waals surface area contributed by atoms with Crippen LogP contribution >= 0.6 is 0 Å². The molecule has 0 radical (unpaired) electrons. The number of nitrogens with zero attached hydrogens (tertiary/aromatic N) is 3. The molecule has 0 atom stereocenters. The summed E-state index contributed by atoms with van der Waals surface area (Å²) in [5.41, 5.74) is 14.5. The monoisotopic (exact) mass is 705 g/mol. The van der Waals surface area contributed by atoms with Gasteiger partial charge in [-0.2, -0.15) is 0 Å². The molecule has 55 heavy (non-hydrogen) atoms. The number of aromatic nitrogens is 3. The number of para-hydroxylation sites is 4. The molecule has 11 aromatic rings. The van der Waals surface area contributed by atoms with Gasteiger partial charge in [-0.3, -0.25) is 0 Å². The smallest absolute Gasteiger partial charge is 0.0547 e. The third-order valence-corrected chi connectivity index (χ3v) is 11.1. The molecule has 3 heteroatoms. The van der Waals surface area contributed by atoms with Crippen molar-refractivity contribution in [3.05, 3.63) is 195 Å². The number of benzene rings is 8. The molecule has 3 nitrogen and oxygen atoms in total. The lowest BCUT2D eigenvalue weighted by Crippen LogP contribution is -1.94. The van der Waals surface area contributed by atoms with Crippen molar-refractivity contribution >= 4 is 65.4 Å². The Balaban J connectivity index is 0.00000120. The van der Waals surface area contributed by atoms with Gasteiger partial charge < -0.3 is 13.7 Å². The predicted molar refractivity (Wildman–Crippen MR) is 236 cm³/mol. The van der Waals surface area contributed by atoms with Crippen LogP contribution in [0.2, 0.25) is 0 Å². The molecular formula is C52H39N3. The highest BCUT2D eigenvalue weighted by atomic mass is 15.0. The van der Waals surface area contributed by atoms with Gasteiger partial charge in [0.25, 0.3) is 0 Å². The van der Waals surface area contributed by atoms with Gasteiger partial charge in [0, 0.05) is 61.8 Å². The van der Waals surface area contributed by atoms with Gasteiger partial charge >= 0.3 is 0 Å². The van der Waals surface area contributed by atoms with Crippen molar-refractivity contribution in [1.82, 2.24) is 13.7 Å². The van der Waals surface area contributed by atoms with Crippen LogP contribution in [0.3, 0.4) is 0 Å². The topological polar surface area (TPSA) is 14.8 Å². The lowest BCUT2D eigenvalue weighted by atomic mass is 9.99. The van der Waals surface area contributed by atoms with Gasteiger partial charge in [0.15, 0.2) is 0 Å². The van der Waals surface area contributed by atoms with E-state index < -0.39 is 0 Å². The lowest BCUT2D eigenvalue weighted by Gasteiger charge is -2.10. The average molecular weight is 706 g/mol. The Labute approximate surface area is 320 Å². The van der Waals surface area contributed by atoms with E-state index >= 15 is 0 Å². The van der Waals surface area contributed by atoms with Gasteiger partial charge in [-0.05, 0) is 95.9 Å². The number of hydrogen-bond acceptors (Lipinski definition) is 0. The molecule has 0 aliphatic carbocycles. The first-order valence-corrected chi connectivity index (χ1v) is 18.9. The van der Waals surface area contributed by atoms with E-state index in [1.54, 1.807) is 6.08 Å². The van der Waals surface area contributed by atoms with E-state index in [1.165, 1.54) is 93.4 Å². The zero-order valence-corrected chi connectivity index (χ0v) is 30.9. The van der Waals surface area contributed by atoms with Gasteiger partial charge in [0.05, 0.1) is 22.1 Å². The Kier molecular flexibility index (Phi) is 7.74. The molecule has 0 fully saturated rings. The van der Waals surface area contributed by atoms with Crippen molar-refractivity contribution in [3.63, 3.8) is 0 Å². The predicted octanol–water partition coefficient (Wildman–Crippen LogP) is 14.1. The van der Waals surface area contributed by atoms with Crippen LogP contribution in [0.4, 0.5) is 0 Å². The van der Waals surface area contributed by atoms with Crippen LogP contribution in [0.5, 0.6) is 0 Å². The minimum atomic E-state index is 1.16. The molecule has 3 aromatic heterocycles. The fourth-order valence-corrected chi connectivity index (χ4v) is 8.58. The summed E-state index contributed by atoms with van der Waals surface area (Å²) in [5.74, 6) is 0. The molecule has 3 heterocycles. The fourth-order valence-electron chi connectivity index (χ4n) is 8.58. The first-order valence-electron chi connectivity index (χ1n) is 18.9. The molecule has 0 N–H and O–H groups in total. The molecule has 0 bridgehead atoms. The number of aryl methyl sites for hydroxylation is 1. The molecule has 262 valence electrons. The van der Waals surface area contributed by atoms with Crippen molar-refractivity contribution in [2.45, 2.75) is 6.92 Å². The third-order valence-electron chi connectivity index (χ3n) is 11.1. The Morgan fingerprint density at radius 3 is 1.27 bits per heavy atom. The van der Waals surface area contributed by atoms with E-state index in [1.807, 2.05) is 6.92 Å². The largest absolute Gasteiger partial charge is 0.344 e. The van der Waals surface area contributed by atoms with E-state index in [2.05, 4.69) is 209 Å². The highest BCUT2D eigenvalue weighted by Gasteiger charge is 2.17. The lowest BCUT2D eigenvalue weighted by molar-refractivity contribution is 1.01. The Morgan fingerprint density at radius 1 is 0.345 bits per heavy atom. The van der Waals surface area contributed by atoms with Crippen molar-refractivity contribution in [2.75, 3.05) is 0 Å². The van der Waals surface area contributed by atoms with Crippen LogP contribution < -0.4 is 0 Å². The number of allylic oxidation sites excluding steroid dienone is 1. The first-order chi connectivity index (χ1) is 27.1. The minimum Gasteiger partial charge on any atom is -0.344 e. The van der Waals surface area contributed by atoms with E-state index in [0.717, 1.165) is 5.69 Å². The summed E-state index contributed by atoms with van der Waals surface area (Å²) in [6.45, 7) is 5.25. The zero-order chi connectivity index (χ0) is 37.0. The SMILES string of the molecule is C=CC.Cn1c2ccccc2c2ccc(-c3ccc4c(c3)c3ccc(-c5ccc6c7ccccc7n(-c7ccccc7)c6c5)cc3n4-c3ccccc3)cc21. The van der Waals surface area contributed by atoms with E-state index in [4.69, 9.17) is 0 Å². The molecule has 0 unspecified atom stereocenters. The summed E-state index contributed by atoms with van der Waals surface area (Å²) >= 11 is 0. The highest BCUT2D eigenvalue weighted by molar-refractivity contribution is 6.13. The van der Waals surface area contributed by atoms with Crippen molar-refractivity contribution in [2.24, 2.45) is 7.05 Å². The molecule has 11 rings (SSSR count). The second-order valence-electron chi connectivity index (χ2n) is 14.3. The van der Waals surface area contributed by atoms with Crippen LogP contribution in [0.15, 0.2) is 195 Å². The molecule has 0 saturated carbocycles. The van der Waals surface area contributed by atoms with Crippen molar-refractivity contribution < 1.29 is 0 Å². The molecular weight excluding hydrogens is 667 g/mol. The Morgan fingerprint density at radius 2 is 0.709 bits per heavy atom. The summed E-state index contributed by atoms with van der Waals surface area (Å²) in [6, 6.07) is 66.6. The summed E-state index contributed by atoms with van der Waals surface area (Å²) < 4.78 is 7.13. The molecule has 0 aliphatic heterocycles. The van der Waals surface area contributed by atoms with Gasteiger partial charge in [-0.25, -0.2) is 0 Å². The molecule has 0 spiro atoms. The summed E-state index contributed by atoms with van der Waals surface area (Å²) in [4.78, 5) is 0. The maximum Gasteiger partial charge on any atom is 0.0547 e. The van der Waals surface area contributed by atoms with Gasteiger partial charge in [-0.1, -0.05) is 121 Å². The second-order valence-corrected chi connectivity index (χ2v) is 14.3. The van der Waals surface area contributed by atoms with Gasteiger partial charge in [0.1, 0.15) is 0 Å². The van der Waals surface area contributed by atoms with Crippen LogP contribution in [0, 0.1) is 0 Å². The third kappa shape index (κ3) is 5.20. The van der Waals surface area contributed by atoms with Crippen LogP contribution in [-0.4, -0.2) is 13.7 Å². The van der Waals surface area contributed by atoms with Crippen molar-refractivity contribution in [1.29, 1.82) is 0 Å². The first kappa shape index (κ1) is 32.5. The van der Waals surface area contributed by atoms with Crippen LogP contribution in [0.25, 0.3) is 99.0 Å². The summed E-state index contributed by atoms with van der Waals surface area (Å²) in [6.07, 6.45) is 1.75. The van der Waals surface area contributed by atoms with Crippen molar-refractivity contribution in [3.8, 4) is 33.6 Å². The minimum absolute atomic E-state index is 1.16. The van der Waals surface area contributed by atoms with Crippen LogP contribution in [0.1, 0.15) is 6.92 Å². The maximum absolute atomic E-state index is 3.36. The van der Waals surface area contributed by atoms with Gasteiger partial charge in [0.2, 0.25) is 0 Å². The van der Waals surface area contributed by atoms with Gasteiger partial charge in [-0.15, -0.1) is 6.58 Å². The number of rotatable bonds is 4. The number of hydrogen-bond donors (Lipinski definition) is 0. The second kappa shape index (κ2) is 13.1. The maximum atomic E-state index is 3.36. The fraction of sp³-hybridized carbons (Fsp3) is 0.0385. The summed E-state index contributed by atoms with van der Waals surface area (Å²) in [5, 5.41) is 7.61. The van der Waals surface area contributed by atoms with Crippen LogP contribution in [-0.2, 0) is 7.05 Å². The average Bonchev–Trinajstić information content (AvgIpc) is 3.86.